The minimum atomic E-state index is 0.0649. The third-order valence-electron chi connectivity index (χ3n) is 5.04. The van der Waals surface area contributed by atoms with Crippen LogP contribution >= 0.6 is 12.2 Å². The smallest absolute Gasteiger partial charge is 0.224 e. The number of H-pyrrole nitrogens is 1. The molecule has 0 unspecified atom stereocenters. The fourth-order valence-corrected chi connectivity index (χ4v) is 3.78. The molecule has 1 aromatic heterocycles. The molecule has 6 heteroatoms. The highest BCUT2D eigenvalue weighted by molar-refractivity contribution is 7.71. The lowest BCUT2D eigenvalue weighted by Gasteiger charge is -2.07. The topological polar surface area (TPSA) is 62.7 Å². The van der Waals surface area contributed by atoms with E-state index in [0.29, 0.717) is 23.3 Å². The third kappa shape index (κ3) is 3.27. The Morgan fingerprint density at radius 3 is 2.78 bits per heavy atom. The molecule has 0 radical (unpaired) electrons. The van der Waals surface area contributed by atoms with Crippen LogP contribution in [0, 0.1) is 22.0 Å². The number of rotatable bonds is 6. The number of nitrogens with zero attached hydrogens (tertiary/aromatic N) is 2. The van der Waals surface area contributed by atoms with Crippen molar-refractivity contribution in [2.24, 2.45) is 17.3 Å². The Morgan fingerprint density at radius 1 is 1.48 bits per heavy atom. The van der Waals surface area contributed by atoms with Gasteiger partial charge in [0.25, 0.3) is 0 Å². The normalized spacial score (nSPS) is 25.0. The van der Waals surface area contributed by atoms with Gasteiger partial charge >= 0.3 is 0 Å². The highest BCUT2D eigenvalue weighted by atomic mass is 32.1. The van der Waals surface area contributed by atoms with Crippen molar-refractivity contribution in [1.29, 1.82) is 0 Å². The Hall–Kier alpha value is -1.43. The van der Waals surface area contributed by atoms with Crippen molar-refractivity contribution >= 4 is 18.1 Å². The average molecular weight is 334 g/mol. The maximum absolute atomic E-state index is 12.4. The van der Waals surface area contributed by atoms with Gasteiger partial charge in [-0.25, -0.2) is 0 Å². The number of allylic oxidation sites excluding steroid dienone is 2. The third-order valence-corrected chi connectivity index (χ3v) is 5.33. The van der Waals surface area contributed by atoms with Crippen molar-refractivity contribution in [3.05, 3.63) is 22.2 Å². The summed E-state index contributed by atoms with van der Waals surface area (Å²) < 4.78 is 2.80. The van der Waals surface area contributed by atoms with Crippen molar-refractivity contribution in [1.82, 2.24) is 20.1 Å². The largest absolute Gasteiger partial charge is 0.355 e. The number of aromatic nitrogens is 3. The van der Waals surface area contributed by atoms with Crippen LogP contribution < -0.4 is 5.32 Å². The molecular formula is C17H26N4OS. The van der Waals surface area contributed by atoms with E-state index in [1.54, 1.807) is 0 Å². The van der Waals surface area contributed by atoms with E-state index in [0.717, 1.165) is 12.2 Å². The number of hydrogen-bond donors (Lipinski definition) is 2. The van der Waals surface area contributed by atoms with Crippen LogP contribution in [0.5, 0.6) is 0 Å². The van der Waals surface area contributed by atoms with Crippen molar-refractivity contribution < 1.29 is 4.79 Å². The molecule has 0 aromatic carbocycles. The van der Waals surface area contributed by atoms with Gasteiger partial charge in [-0.1, -0.05) is 25.5 Å². The first-order valence-corrected chi connectivity index (χ1v) is 8.81. The Labute approximate surface area is 142 Å². The molecule has 126 valence electrons. The van der Waals surface area contributed by atoms with Gasteiger partial charge in [0.2, 0.25) is 5.91 Å². The van der Waals surface area contributed by atoms with Crippen molar-refractivity contribution in [2.45, 2.75) is 53.0 Å². The van der Waals surface area contributed by atoms with Gasteiger partial charge in [-0.05, 0) is 50.2 Å². The van der Waals surface area contributed by atoms with Crippen molar-refractivity contribution in [3.63, 3.8) is 0 Å². The molecule has 2 atom stereocenters. The lowest BCUT2D eigenvalue weighted by molar-refractivity contribution is -0.123. The number of nitrogens with one attached hydrogen (secondary N) is 2. The fraction of sp³-hybridized carbons (Fsp3) is 0.706. The van der Waals surface area contributed by atoms with Gasteiger partial charge in [0.1, 0.15) is 5.82 Å². The summed E-state index contributed by atoms with van der Waals surface area (Å²) in [7, 11) is 0. The van der Waals surface area contributed by atoms with Crippen LogP contribution in [0.1, 0.15) is 52.4 Å². The van der Waals surface area contributed by atoms with E-state index in [4.69, 9.17) is 12.2 Å². The second-order valence-electron chi connectivity index (χ2n) is 7.66. The maximum atomic E-state index is 12.4. The quantitative estimate of drug-likeness (QED) is 0.620. The van der Waals surface area contributed by atoms with Crippen molar-refractivity contribution in [2.75, 3.05) is 6.54 Å². The Bertz CT molecular complexity index is 692. The summed E-state index contributed by atoms with van der Waals surface area (Å²) in [5, 5.41) is 10.2. The zero-order chi connectivity index (χ0) is 16.8. The predicted octanol–water partition coefficient (Wildman–Crippen LogP) is 3.17. The molecule has 0 bridgehead atoms. The Balaban J connectivity index is 1.55. The number of hydrogen-bond acceptors (Lipinski definition) is 3. The first-order chi connectivity index (χ1) is 10.8. The minimum absolute atomic E-state index is 0.0649. The van der Waals surface area contributed by atoms with E-state index in [-0.39, 0.29) is 17.2 Å². The van der Waals surface area contributed by atoms with Crippen LogP contribution in [0.15, 0.2) is 11.6 Å². The highest BCUT2D eigenvalue weighted by Crippen LogP contribution is 2.59. The van der Waals surface area contributed by atoms with E-state index >= 15 is 0 Å². The monoisotopic (exact) mass is 334 g/mol. The van der Waals surface area contributed by atoms with Gasteiger partial charge < -0.3 is 9.88 Å². The van der Waals surface area contributed by atoms with Gasteiger partial charge in [-0.2, -0.15) is 5.10 Å². The zero-order valence-electron chi connectivity index (χ0n) is 14.3. The summed E-state index contributed by atoms with van der Waals surface area (Å²) in [6, 6.07) is 0.511. The molecular weight excluding hydrogens is 308 g/mol. The summed E-state index contributed by atoms with van der Waals surface area (Å²) in [5.41, 5.74) is 1.34. The summed E-state index contributed by atoms with van der Waals surface area (Å²) >= 11 is 5.28. The molecule has 2 aliphatic carbocycles. The molecule has 23 heavy (non-hydrogen) atoms. The molecule has 1 aromatic rings. The summed E-state index contributed by atoms with van der Waals surface area (Å²) in [5.74, 6) is 1.55. The molecule has 0 aliphatic heterocycles. The van der Waals surface area contributed by atoms with Crippen LogP contribution in [-0.4, -0.2) is 27.2 Å². The Morgan fingerprint density at radius 2 is 2.17 bits per heavy atom. The number of aromatic amines is 1. The highest BCUT2D eigenvalue weighted by Gasteiger charge is 2.60. The van der Waals surface area contributed by atoms with Crippen LogP contribution in [0.2, 0.25) is 0 Å². The maximum Gasteiger partial charge on any atom is 0.224 e. The molecule has 0 saturated heterocycles. The summed E-state index contributed by atoms with van der Waals surface area (Å²) in [6.45, 7) is 9.12. The first-order valence-electron chi connectivity index (χ1n) is 8.41. The van der Waals surface area contributed by atoms with E-state index in [1.807, 2.05) is 0 Å². The first kappa shape index (κ1) is 16.4. The van der Waals surface area contributed by atoms with Gasteiger partial charge in [0, 0.05) is 19.0 Å². The van der Waals surface area contributed by atoms with Gasteiger partial charge in [-0.3, -0.25) is 9.89 Å². The van der Waals surface area contributed by atoms with E-state index < -0.39 is 0 Å². The Kier molecular flexibility index (Phi) is 4.21. The van der Waals surface area contributed by atoms with E-state index in [9.17, 15) is 4.79 Å². The standard InChI is InChI=1S/C17H26N4OS/c1-10(2)9-12-14(17(12,3)4)15(22)18-8-7-13-19-20-16(23)21(13)11-5-6-11/h9,11-12,14H,5-8H2,1-4H3,(H,18,22)(H,20,23)/t12-,14+/m0/s1. The molecule has 2 fully saturated rings. The molecule has 2 saturated carbocycles. The average Bonchev–Trinajstić information content (AvgIpc) is 3.32. The summed E-state index contributed by atoms with van der Waals surface area (Å²) in [4.78, 5) is 12.4. The molecule has 5 nitrogen and oxygen atoms in total. The van der Waals surface area contributed by atoms with Crippen LogP contribution in [0.4, 0.5) is 0 Å². The second kappa shape index (κ2) is 5.89. The molecule has 1 heterocycles. The minimum Gasteiger partial charge on any atom is -0.355 e. The predicted molar refractivity (Wildman–Crippen MR) is 92.6 cm³/mol. The van der Waals surface area contributed by atoms with Gasteiger partial charge in [0.05, 0.1) is 5.92 Å². The van der Waals surface area contributed by atoms with E-state index in [1.165, 1.54) is 18.4 Å². The number of carbonyl (C=O) groups is 1. The SMILES string of the molecule is CC(C)=C[C@H]1[C@H](C(=O)NCCc2n[nH]c(=S)n2C2CC2)C1(C)C. The van der Waals surface area contributed by atoms with E-state index in [2.05, 4.69) is 53.9 Å². The van der Waals surface area contributed by atoms with Crippen LogP contribution in [0.25, 0.3) is 0 Å². The van der Waals surface area contributed by atoms with Crippen LogP contribution in [-0.2, 0) is 11.2 Å². The second-order valence-corrected chi connectivity index (χ2v) is 8.04. The lowest BCUT2D eigenvalue weighted by Crippen LogP contribution is -2.29. The zero-order valence-corrected chi connectivity index (χ0v) is 15.2. The lowest BCUT2D eigenvalue weighted by atomic mass is 10.1. The van der Waals surface area contributed by atoms with Gasteiger partial charge in [0.15, 0.2) is 4.77 Å². The fourth-order valence-electron chi connectivity index (χ4n) is 3.48. The molecule has 0 spiro atoms. The molecule has 3 rings (SSSR count). The molecule has 1 amide bonds. The molecule has 2 aliphatic rings. The number of amides is 1. The number of carbonyl (C=O) groups excluding carboxylic acids is 1. The van der Waals surface area contributed by atoms with Gasteiger partial charge in [-0.15, -0.1) is 0 Å². The molecule has 2 N–H and O–H groups in total. The van der Waals surface area contributed by atoms with Crippen LogP contribution in [0.3, 0.4) is 0 Å². The summed E-state index contributed by atoms with van der Waals surface area (Å²) in [6.07, 6.45) is 5.29. The van der Waals surface area contributed by atoms with Crippen molar-refractivity contribution in [3.8, 4) is 0 Å².